The van der Waals surface area contributed by atoms with Crippen molar-refractivity contribution in [3.05, 3.63) is 137 Å². The molecular weight excluding hydrogens is 490 g/mol. The Morgan fingerprint density at radius 1 is 0.600 bits per heavy atom. The smallest absolute Gasteiger partial charge is 0.189 e. The fourth-order valence-electron chi connectivity index (χ4n) is 5.27. The first kappa shape index (κ1) is 24.2. The quantitative estimate of drug-likeness (QED) is 0.223. The van der Waals surface area contributed by atoms with Gasteiger partial charge in [-0.3, -0.25) is 0 Å². The molecule has 0 saturated carbocycles. The molecule has 0 fully saturated rings. The molecule has 184 valence electrons. The van der Waals surface area contributed by atoms with Gasteiger partial charge in [-0.15, -0.1) is 0 Å². The van der Waals surface area contributed by atoms with Gasteiger partial charge in [0.1, 0.15) is 0 Å². The van der Waals surface area contributed by atoms with Gasteiger partial charge in [0.2, 0.25) is 0 Å². The molecule has 0 N–H and O–H groups in total. The SMILES string of the molecule is [C-]#[N+]c1cc(C#N)cc(-c2ccc3c(c2)c2cc(-c4cc(C#N)cc([N+]#[C-])c4)ccc2n3-c2ccccc2C)c1. The van der Waals surface area contributed by atoms with E-state index in [9.17, 15) is 10.5 Å². The number of nitriles is 2. The zero-order valence-electron chi connectivity index (χ0n) is 21.5. The van der Waals surface area contributed by atoms with Crippen LogP contribution in [0.5, 0.6) is 0 Å². The molecule has 0 saturated heterocycles. The first-order valence-corrected chi connectivity index (χ1v) is 12.5. The van der Waals surface area contributed by atoms with Gasteiger partial charge in [-0.2, -0.15) is 10.5 Å². The molecule has 0 spiro atoms. The summed E-state index contributed by atoms with van der Waals surface area (Å²) in [7, 11) is 0. The van der Waals surface area contributed by atoms with E-state index in [1.54, 1.807) is 36.4 Å². The van der Waals surface area contributed by atoms with Crippen molar-refractivity contribution in [3.63, 3.8) is 0 Å². The lowest BCUT2D eigenvalue weighted by molar-refractivity contribution is 1.15. The van der Waals surface area contributed by atoms with E-state index in [-0.39, 0.29) is 0 Å². The first-order chi connectivity index (χ1) is 19.5. The zero-order valence-corrected chi connectivity index (χ0v) is 21.5. The maximum atomic E-state index is 9.52. The van der Waals surface area contributed by atoms with Gasteiger partial charge in [0.15, 0.2) is 11.4 Å². The zero-order chi connectivity index (χ0) is 27.8. The standard InChI is InChI=1S/C35H19N5/c1-22-6-4-5-7-33(22)40-34-10-8-25(27-12-23(20-36)14-29(16-27)38-2)18-31(34)32-19-26(9-11-35(32)40)28-13-24(21-37)15-30(17-28)39-3/h4-19H,1H3. The lowest BCUT2D eigenvalue weighted by atomic mass is 9.98. The van der Waals surface area contributed by atoms with Crippen LogP contribution in [-0.2, 0) is 0 Å². The fourth-order valence-corrected chi connectivity index (χ4v) is 5.27. The van der Waals surface area contributed by atoms with E-state index >= 15 is 0 Å². The van der Waals surface area contributed by atoms with Crippen LogP contribution in [0.3, 0.4) is 0 Å². The molecule has 1 aromatic heterocycles. The van der Waals surface area contributed by atoms with Crippen LogP contribution < -0.4 is 0 Å². The minimum absolute atomic E-state index is 0.423. The molecule has 6 aromatic rings. The predicted molar refractivity (Wildman–Crippen MR) is 158 cm³/mol. The van der Waals surface area contributed by atoms with E-state index in [1.165, 1.54) is 0 Å². The Kier molecular flexibility index (Phi) is 5.83. The molecule has 5 heteroatoms. The van der Waals surface area contributed by atoms with E-state index < -0.39 is 0 Å². The van der Waals surface area contributed by atoms with E-state index in [4.69, 9.17) is 13.1 Å². The first-order valence-electron chi connectivity index (χ1n) is 12.5. The van der Waals surface area contributed by atoms with Crippen LogP contribution in [0.15, 0.2) is 97.1 Å². The van der Waals surface area contributed by atoms with Crippen LogP contribution in [0, 0.1) is 42.7 Å². The number of benzene rings is 5. The number of hydrogen-bond donors (Lipinski definition) is 0. The minimum Gasteiger partial charge on any atom is -0.309 e. The number of rotatable bonds is 3. The highest BCUT2D eigenvalue weighted by atomic mass is 15.0. The highest BCUT2D eigenvalue weighted by Gasteiger charge is 2.16. The van der Waals surface area contributed by atoms with Gasteiger partial charge in [0.25, 0.3) is 0 Å². The van der Waals surface area contributed by atoms with Gasteiger partial charge < -0.3 is 4.57 Å². The summed E-state index contributed by atoms with van der Waals surface area (Å²) in [6, 6.07) is 35.4. The van der Waals surface area contributed by atoms with Crippen molar-refractivity contribution in [3.8, 4) is 40.1 Å². The topological polar surface area (TPSA) is 61.2 Å². The average Bonchev–Trinajstić information content (AvgIpc) is 3.33. The second-order valence-corrected chi connectivity index (χ2v) is 9.57. The van der Waals surface area contributed by atoms with Crippen molar-refractivity contribution in [1.82, 2.24) is 4.57 Å². The molecule has 0 aliphatic heterocycles. The van der Waals surface area contributed by atoms with Gasteiger partial charge >= 0.3 is 0 Å². The van der Waals surface area contributed by atoms with Crippen molar-refractivity contribution in [2.24, 2.45) is 0 Å². The lowest BCUT2D eigenvalue weighted by Crippen LogP contribution is -1.96. The van der Waals surface area contributed by atoms with Crippen molar-refractivity contribution in [2.45, 2.75) is 6.92 Å². The third-order valence-corrected chi connectivity index (χ3v) is 7.14. The summed E-state index contributed by atoms with van der Waals surface area (Å²) in [4.78, 5) is 7.11. The highest BCUT2D eigenvalue weighted by molar-refractivity contribution is 6.11. The van der Waals surface area contributed by atoms with Crippen LogP contribution in [0.1, 0.15) is 16.7 Å². The summed E-state index contributed by atoms with van der Waals surface area (Å²) in [5.41, 5.74) is 9.44. The average molecular weight is 510 g/mol. The van der Waals surface area contributed by atoms with Crippen molar-refractivity contribution in [2.75, 3.05) is 0 Å². The molecule has 5 nitrogen and oxygen atoms in total. The summed E-state index contributed by atoms with van der Waals surface area (Å²) >= 11 is 0. The van der Waals surface area contributed by atoms with Crippen LogP contribution >= 0.6 is 0 Å². The van der Waals surface area contributed by atoms with Crippen LogP contribution in [0.2, 0.25) is 0 Å². The Morgan fingerprint density at radius 2 is 1.10 bits per heavy atom. The van der Waals surface area contributed by atoms with Crippen LogP contribution in [0.25, 0.3) is 59.4 Å². The molecular formula is C35H19N5. The third kappa shape index (κ3) is 4.02. The van der Waals surface area contributed by atoms with E-state index in [0.29, 0.717) is 22.5 Å². The predicted octanol–water partition coefficient (Wildman–Crippen LogP) is 9.27. The van der Waals surface area contributed by atoms with E-state index in [1.807, 2.05) is 24.3 Å². The van der Waals surface area contributed by atoms with Crippen molar-refractivity contribution >= 4 is 33.2 Å². The Labute approximate surface area is 231 Å². The Bertz CT molecular complexity index is 1970. The molecule has 0 aliphatic rings. The number of hydrogen-bond acceptors (Lipinski definition) is 2. The van der Waals surface area contributed by atoms with Crippen LogP contribution in [-0.4, -0.2) is 4.57 Å². The molecule has 0 amide bonds. The normalized spacial score (nSPS) is 10.5. The van der Waals surface area contributed by atoms with Gasteiger partial charge in [-0.25, -0.2) is 9.69 Å². The minimum atomic E-state index is 0.423. The van der Waals surface area contributed by atoms with E-state index in [0.717, 1.165) is 55.3 Å². The molecule has 6 rings (SSSR count). The molecule has 0 radical (unpaired) electrons. The van der Waals surface area contributed by atoms with Gasteiger partial charge in [0.05, 0.1) is 36.3 Å². The summed E-state index contributed by atoms with van der Waals surface area (Å²) < 4.78 is 2.25. The number of aromatic nitrogens is 1. The molecule has 1 heterocycles. The second kappa shape index (κ2) is 9.63. The number of para-hydroxylation sites is 1. The van der Waals surface area contributed by atoms with E-state index in [2.05, 4.69) is 69.7 Å². The maximum absolute atomic E-state index is 9.52. The molecule has 5 aromatic carbocycles. The van der Waals surface area contributed by atoms with Gasteiger partial charge in [0, 0.05) is 27.6 Å². The monoisotopic (exact) mass is 509 g/mol. The Hall–Kier alpha value is -6.14. The fraction of sp³-hybridized carbons (Fsp3) is 0.0286. The number of fused-ring (bicyclic) bond motifs is 3. The summed E-state index contributed by atoms with van der Waals surface area (Å²) in [5.74, 6) is 0. The van der Waals surface area contributed by atoms with Crippen molar-refractivity contribution in [1.29, 1.82) is 10.5 Å². The molecule has 0 atom stereocenters. The molecule has 0 unspecified atom stereocenters. The number of aryl methyl sites for hydroxylation is 1. The lowest BCUT2D eigenvalue weighted by Gasteiger charge is -2.11. The Morgan fingerprint density at radius 3 is 1.55 bits per heavy atom. The molecule has 40 heavy (non-hydrogen) atoms. The van der Waals surface area contributed by atoms with Crippen LogP contribution in [0.4, 0.5) is 11.4 Å². The largest absolute Gasteiger partial charge is 0.309 e. The summed E-state index contributed by atoms with van der Waals surface area (Å²) in [6.45, 7) is 17.0. The molecule has 0 aliphatic carbocycles. The maximum Gasteiger partial charge on any atom is 0.189 e. The summed E-state index contributed by atoms with van der Waals surface area (Å²) in [5, 5.41) is 21.1. The van der Waals surface area contributed by atoms with Gasteiger partial charge in [-0.05, 0) is 101 Å². The summed E-state index contributed by atoms with van der Waals surface area (Å²) in [6.07, 6.45) is 0. The third-order valence-electron chi connectivity index (χ3n) is 7.14. The van der Waals surface area contributed by atoms with Gasteiger partial charge in [-0.1, -0.05) is 30.3 Å². The highest BCUT2D eigenvalue weighted by Crippen LogP contribution is 2.39. The van der Waals surface area contributed by atoms with Crippen molar-refractivity contribution < 1.29 is 0 Å². The Balaban J connectivity index is 1.67. The second-order valence-electron chi connectivity index (χ2n) is 9.57. The number of nitrogens with zero attached hydrogens (tertiary/aromatic N) is 5. The molecule has 0 bridgehead atoms.